The molecule has 0 radical (unpaired) electrons. The van der Waals surface area contributed by atoms with Crippen molar-refractivity contribution in [2.24, 2.45) is 23.2 Å². The van der Waals surface area contributed by atoms with Gasteiger partial charge in [0.05, 0.1) is 5.54 Å². The Morgan fingerprint density at radius 3 is 2.50 bits per heavy atom. The van der Waals surface area contributed by atoms with Gasteiger partial charge in [0, 0.05) is 24.4 Å². The van der Waals surface area contributed by atoms with Crippen molar-refractivity contribution in [2.75, 3.05) is 19.7 Å². The van der Waals surface area contributed by atoms with E-state index in [-0.39, 0.29) is 17.6 Å². The predicted molar refractivity (Wildman–Crippen MR) is 88.3 cm³/mol. The Morgan fingerprint density at radius 2 is 1.83 bits per heavy atom. The SMILES string of the molecule is O=C1NC2(CO1)CC(C(=O)N1CC3(CC[C@@H](C4CCCC4)C3)C1)C2. The van der Waals surface area contributed by atoms with Gasteiger partial charge >= 0.3 is 6.09 Å². The first-order valence-corrected chi connectivity index (χ1v) is 9.80. The maximum atomic E-state index is 12.7. The van der Waals surface area contributed by atoms with Gasteiger partial charge in [0.1, 0.15) is 6.61 Å². The maximum Gasteiger partial charge on any atom is 0.407 e. The average molecular weight is 332 g/mol. The summed E-state index contributed by atoms with van der Waals surface area (Å²) in [6, 6.07) is 0. The molecule has 0 unspecified atom stereocenters. The zero-order valence-corrected chi connectivity index (χ0v) is 14.4. The van der Waals surface area contributed by atoms with Gasteiger partial charge in [-0.05, 0) is 43.9 Å². The number of alkyl carbamates (subject to hydrolysis) is 1. The number of hydrogen-bond donors (Lipinski definition) is 1. The normalized spacial score (nSPS) is 40.5. The predicted octanol–water partition coefficient (Wildman–Crippen LogP) is 2.69. The van der Waals surface area contributed by atoms with E-state index in [0.717, 1.165) is 37.8 Å². The number of nitrogens with one attached hydrogen (secondary N) is 1. The number of amides is 2. The summed E-state index contributed by atoms with van der Waals surface area (Å²) in [4.78, 5) is 26.0. The topological polar surface area (TPSA) is 58.6 Å². The minimum absolute atomic E-state index is 0.0939. The number of ether oxygens (including phenoxy) is 1. The molecule has 3 saturated carbocycles. The molecule has 0 aromatic carbocycles. The summed E-state index contributed by atoms with van der Waals surface area (Å²) in [5.74, 6) is 2.32. The molecule has 2 spiro atoms. The molecule has 2 amide bonds. The molecule has 5 rings (SSSR count). The number of carbonyl (C=O) groups is 2. The average Bonchev–Trinajstić information content (AvgIpc) is 3.21. The van der Waals surface area contributed by atoms with Crippen LogP contribution in [0.2, 0.25) is 0 Å². The van der Waals surface area contributed by atoms with Crippen molar-refractivity contribution in [1.82, 2.24) is 10.2 Å². The highest BCUT2D eigenvalue weighted by molar-refractivity contribution is 5.82. The summed E-state index contributed by atoms with van der Waals surface area (Å²) in [7, 11) is 0. The van der Waals surface area contributed by atoms with Crippen molar-refractivity contribution in [1.29, 1.82) is 0 Å². The van der Waals surface area contributed by atoms with E-state index >= 15 is 0 Å². The molecule has 1 atom stereocenters. The van der Waals surface area contributed by atoms with Crippen LogP contribution in [0.15, 0.2) is 0 Å². The lowest BCUT2D eigenvalue weighted by molar-refractivity contribution is -0.153. The lowest BCUT2D eigenvalue weighted by atomic mass is 9.67. The number of hydrogen-bond acceptors (Lipinski definition) is 3. The molecule has 0 aromatic heterocycles. The van der Waals surface area contributed by atoms with E-state index in [1.807, 2.05) is 0 Å². The van der Waals surface area contributed by atoms with Crippen LogP contribution in [0.1, 0.15) is 57.8 Å². The Kier molecular flexibility index (Phi) is 3.21. The van der Waals surface area contributed by atoms with Crippen LogP contribution in [0, 0.1) is 23.2 Å². The van der Waals surface area contributed by atoms with Crippen LogP contribution in [-0.4, -0.2) is 42.1 Å². The minimum Gasteiger partial charge on any atom is -0.447 e. The smallest absolute Gasteiger partial charge is 0.407 e. The van der Waals surface area contributed by atoms with E-state index in [0.29, 0.717) is 17.9 Å². The molecule has 0 bridgehead atoms. The molecule has 5 fully saturated rings. The monoisotopic (exact) mass is 332 g/mol. The van der Waals surface area contributed by atoms with Crippen LogP contribution in [0.25, 0.3) is 0 Å². The minimum atomic E-state index is -0.326. The second-order valence-corrected chi connectivity index (χ2v) is 9.33. The van der Waals surface area contributed by atoms with Crippen molar-refractivity contribution >= 4 is 12.0 Å². The first-order valence-electron chi connectivity index (χ1n) is 9.80. The van der Waals surface area contributed by atoms with Crippen LogP contribution in [0.3, 0.4) is 0 Å². The van der Waals surface area contributed by atoms with E-state index < -0.39 is 0 Å². The van der Waals surface area contributed by atoms with Gasteiger partial charge < -0.3 is 15.0 Å². The maximum absolute atomic E-state index is 12.7. The van der Waals surface area contributed by atoms with Gasteiger partial charge in [0.25, 0.3) is 0 Å². The number of cyclic esters (lactones) is 1. The van der Waals surface area contributed by atoms with Crippen molar-refractivity contribution in [3.63, 3.8) is 0 Å². The van der Waals surface area contributed by atoms with Gasteiger partial charge in [0.2, 0.25) is 5.91 Å². The van der Waals surface area contributed by atoms with Gasteiger partial charge in [-0.2, -0.15) is 0 Å². The van der Waals surface area contributed by atoms with E-state index in [4.69, 9.17) is 4.74 Å². The van der Waals surface area contributed by atoms with Crippen LogP contribution in [-0.2, 0) is 9.53 Å². The van der Waals surface area contributed by atoms with Gasteiger partial charge in [-0.25, -0.2) is 4.79 Å². The Balaban J connectivity index is 1.12. The first-order chi connectivity index (χ1) is 11.6. The summed E-state index contributed by atoms with van der Waals surface area (Å²) in [6.07, 6.45) is 11.0. The fourth-order valence-corrected chi connectivity index (χ4v) is 6.32. The molecule has 2 saturated heterocycles. The lowest BCUT2D eigenvalue weighted by Crippen LogP contribution is -2.63. The van der Waals surface area contributed by atoms with Crippen LogP contribution >= 0.6 is 0 Å². The third-order valence-electron chi connectivity index (χ3n) is 7.64. The molecular weight excluding hydrogens is 304 g/mol. The highest BCUT2D eigenvalue weighted by Gasteiger charge is 2.57. The Hall–Kier alpha value is -1.26. The third kappa shape index (κ3) is 2.26. The molecular formula is C19H28N2O3. The molecule has 5 nitrogen and oxygen atoms in total. The molecule has 1 N–H and O–H groups in total. The molecule has 2 aliphatic heterocycles. The number of carbonyl (C=O) groups excluding carboxylic acids is 2. The number of rotatable bonds is 2. The van der Waals surface area contributed by atoms with Gasteiger partial charge in [-0.15, -0.1) is 0 Å². The van der Waals surface area contributed by atoms with E-state index in [1.165, 1.54) is 44.9 Å². The van der Waals surface area contributed by atoms with Crippen molar-refractivity contribution in [3.8, 4) is 0 Å². The lowest BCUT2D eigenvalue weighted by Gasteiger charge is -2.52. The van der Waals surface area contributed by atoms with Gasteiger partial charge in [0.15, 0.2) is 0 Å². The first kappa shape index (κ1) is 15.0. The van der Waals surface area contributed by atoms with E-state index in [9.17, 15) is 9.59 Å². The standard InChI is InChI=1S/C19H28N2O3/c22-16(15-8-19(9-15)12-24-17(23)20-19)21-10-18(11-21)6-5-14(7-18)13-3-1-2-4-13/h13-15H,1-12H2,(H,20,23)/t14-,15?,19?/m1/s1. The van der Waals surface area contributed by atoms with Crippen molar-refractivity contribution in [2.45, 2.75) is 63.3 Å². The summed E-state index contributed by atoms with van der Waals surface area (Å²) in [5, 5.41) is 2.88. The van der Waals surface area contributed by atoms with Crippen LogP contribution in [0.5, 0.6) is 0 Å². The molecule has 5 heteroatoms. The van der Waals surface area contributed by atoms with Crippen LogP contribution < -0.4 is 5.32 Å². The molecule has 0 aromatic rings. The zero-order valence-electron chi connectivity index (χ0n) is 14.4. The highest BCUT2D eigenvalue weighted by Crippen LogP contribution is 2.53. The van der Waals surface area contributed by atoms with Crippen molar-refractivity contribution < 1.29 is 14.3 Å². The van der Waals surface area contributed by atoms with E-state index in [2.05, 4.69) is 10.2 Å². The number of likely N-dealkylation sites (tertiary alicyclic amines) is 1. The fourth-order valence-electron chi connectivity index (χ4n) is 6.32. The van der Waals surface area contributed by atoms with Crippen LogP contribution in [0.4, 0.5) is 4.79 Å². The quantitative estimate of drug-likeness (QED) is 0.846. The summed E-state index contributed by atoms with van der Waals surface area (Å²) in [5.41, 5.74) is 0.218. The second kappa shape index (κ2) is 5.12. The summed E-state index contributed by atoms with van der Waals surface area (Å²) < 4.78 is 5.00. The summed E-state index contributed by atoms with van der Waals surface area (Å²) in [6.45, 7) is 2.41. The van der Waals surface area contributed by atoms with E-state index in [1.54, 1.807) is 0 Å². The molecule has 3 aliphatic carbocycles. The Labute approximate surface area is 143 Å². The number of nitrogens with zero attached hydrogens (tertiary/aromatic N) is 1. The Bertz CT molecular complexity index is 557. The van der Waals surface area contributed by atoms with Gasteiger partial charge in [-0.1, -0.05) is 25.7 Å². The van der Waals surface area contributed by atoms with Crippen molar-refractivity contribution in [3.05, 3.63) is 0 Å². The molecule has 132 valence electrons. The summed E-state index contributed by atoms with van der Waals surface area (Å²) >= 11 is 0. The van der Waals surface area contributed by atoms with Gasteiger partial charge in [-0.3, -0.25) is 4.79 Å². The Morgan fingerprint density at radius 1 is 1.08 bits per heavy atom. The highest BCUT2D eigenvalue weighted by atomic mass is 16.6. The molecule has 5 aliphatic rings. The largest absolute Gasteiger partial charge is 0.447 e. The zero-order chi connectivity index (χ0) is 16.4. The second-order valence-electron chi connectivity index (χ2n) is 9.33. The molecule has 24 heavy (non-hydrogen) atoms. The third-order valence-corrected chi connectivity index (χ3v) is 7.64. The fraction of sp³-hybridized carbons (Fsp3) is 0.895. The molecule has 2 heterocycles.